The summed E-state index contributed by atoms with van der Waals surface area (Å²) in [5, 5.41) is 4.58. The van der Waals surface area contributed by atoms with Crippen molar-refractivity contribution in [2.45, 2.75) is 18.9 Å². The highest BCUT2D eigenvalue weighted by Gasteiger charge is 2.24. The number of carbonyl (C=O) groups is 3. The SMILES string of the molecule is COC(=O)CC[C@@H](NC(=O)c1ccc(Br)cc1-c1cccs1)C(=O)OC. The largest absolute Gasteiger partial charge is 0.469 e. The third-order valence-electron chi connectivity index (χ3n) is 3.67. The van der Waals surface area contributed by atoms with Gasteiger partial charge in [-0.3, -0.25) is 9.59 Å². The van der Waals surface area contributed by atoms with Crippen LogP contribution in [-0.4, -0.2) is 38.1 Å². The number of ether oxygens (including phenoxy) is 2. The van der Waals surface area contributed by atoms with E-state index in [0.29, 0.717) is 5.56 Å². The van der Waals surface area contributed by atoms with E-state index in [1.165, 1.54) is 25.6 Å². The summed E-state index contributed by atoms with van der Waals surface area (Å²) in [6.45, 7) is 0. The molecule has 0 spiro atoms. The molecule has 1 atom stereocenters. The quantitative estimate of drug-likeness (QED) is 0.668. The molecule has 0 aliphatic carbocycles. The predicted octanol–water partition coefficient (Wildman–Crippen LogP) is 3.40. The van der Waals surface area contributed by atoms with E-state index < -0.39 is 23.9 Å². The van der Waals surface area contributed by atoms with Gasteiger partial charge in [0.2, 0.25) is 0 Å². The molecule has 2 rings (SSSR count). The van der Waals surface area contributed by atoms with Gasteiger partial charge in [-0.05, 0) is 36.1 Å². The van der Waals surface area contributed by atoms with Crippen LogP contribution in [0.4, 0.5) is 0 Å². The molecular weight excluding hydrogens is 422 g/mol. The van der Waals surface area contributed by atoms with Crippen LogP contribution in [0.1, 0.15) is 23.2 Å². The van der Waals surface area contributed by atoms with Gasteiger partial charge < -0.3 is 14.8 Å². The molecule has 138 valence electrons. The lowest BCUT2D eigenvalue weighted by molar-refractivity contribution is -0.144. The summed E-state index contributed by atoms with van der Waals surface area (Å²) in [5.74, 6) is -1.49. The van der Waals surface area contributed by atoms with Crippen LogP contribution in [0.15, 0.2) is 40.2 Å². The number of hydrogen-bond acceptors (Lipinski definition) is 6. The first-order valence-corrected chi connectivity index (χ1v) is 9.42. The van der Waals surface area contributed by atoms with E-state index in [4.69, 9.17) is 4.74 Å². The lowest BCUT2D eigenvalue weighted by Gasteiger charge is -2.17. The molecule has 2 aromatic rings. The molecule has 1 aromatic heterocycles. The summed E-state index contributed by atoms with van der Waals surface area (Å²) in [6, 6.07) is 8.17. The van der Waals surface area contributed by atoms with Gasteiger partial charge in [0.15, 0.2) is 0 Å². The summed E-state index contributed by atoms with van der Waals surface area (Å²) in [6.07, 6.45) is 0.0879. The van der Waals surface area contributed by atoms with Gasteiger partial charge >= 0.3 is 11.9 Å². The van der Waals surface area contributed by atoms with Gasteiger partial charge in [0.05, 0.1) is 14.2 Å². The lowest BCUT2D eigenvalue weighted by Crippen LogP contribution is -2.42. The molecule has 0 radical (unpaired) electrons. The fourth-order valence-corrected chi connectivity index (χ4v) is 3.46. The van der Waals surface area contributed by atoms with Gasteiger partial charge in [0, 0.05) is 26.9 Å². The maximum absolute atomic E-state index is 12.8. The van der Waals surface area contributed by atoms with Crippen LogP contribution >= 0.6 is 27.3 Å². The Morgan fingerprint density at radius 2 is 1.96 bits per heavy atom. The Hall–Kier alpha value is -2.19. The predicted molar refractivity (Wildman–Crippen MR) is 102 cm³/mol. The monoisotopic (exact) mass is 439 g/mol. The number of halogens is 1. The lowest BCUT2D eigenvalue weighted by atomic mass is 10.0. The van der Waals surface area contributed by atoms with E-state index in [0.717, 1.165) is 14.9 Å². The Bertz CT molecular complexity index is 791. The first-order valence-electron chi connectivity index (χ1n) is 7.75. The molecule has 0 fully saturated rings. The molecule has 0 aliphatic heterocycles. The van der Waals surface area contributed by atoms with E-state index >= 15 is 0 Å². The summed E-state index contributed by atoms with van der Waals surface area (Å²) in [5.41, 5.74) is 1.19. The Labute approximate surface area is 163 Å². The van der Waals surface area contributed by atoms with Crippen LogP contribution < -0.4 is 5.32 Å². The number of methoxy groups -OCH3 is 2. The van der Waals surface area contributed by atoms with E-state index in [9.17, 15) is 14.4 Å². The van der Waals surface area contributed by atoms with Crippen molar-refractivity contribution < 1.29 is 23.9 Å². The highest BCUT2D eigenvalue weighted by molar-refractivity contribution is 9.10. The Morgan fingerprint density at radius 3 is 2.58 bits per heavy atom. The van der Waals surface area contributed by atoms with Crippen molar-refractivity contribution in [3.8, 4) is 10.4 Å². The Morgan fingerprint density at radius 1 is 1.19 bits per heavy atom. The summed E-state index contributed by atoms with van der Waals surface area (Å²) >= 11 is 4.92. The number of hydrogen-bond donors (Lipinski definition) is 1. The molecule has 1 amide bonds. The first-order chi connectivity index (χ1) is 12.5. The van der Waals surface area contributed by atoms with E-state index in [2.05, 4.69) is 26.0 Å². The van der Waals surface area contributed by atoms with E-state index in [-0.39, 0.29) is 12.8 Å². The van der Waals surface area contributed by atoms with Gasteiger partial charge in [-0.25, -0.2) is 4.79 Å². The second kappa shape index (κ2) is 9.49. The normalized spacial score (nSPS) is 11.5. The molecule has 0 unspecified atom stereocenters. The molecule has 0 aliphatic rings. The van der Waals surface area contributed by atoms with Crippen LogP contribution in [-0.2, 0) is 19.1 Å². The van der Waals surface area contributed by atoms with Crippen LogP contribution in [0.25, 0.3) is 10.4 Å². The van der Waals surface area contributed by atoms with Crippen molar-refractivity contribution in [1.29, 1.82) is 0 Å². The highest BCUT2D eigenvalue weighted by Crippen LogP contribution is 2.30. The Kier molecular flexibility index (Phi) is 7.35. The summed E-state index contributed by atoms with van der Waals surface area (Å²) < 4.78 is 10.1. The molecule has 8 heteroatoms. The van der Waals surface area contributed by atoms with Crippen molar-refractivity contribution in [2.75, 3.05) is 14.2 Å². The van der Waals surface area contributed by atoms with Crippen LogP contribution in [0.5, 0.6) is 0 Å². The van der Waals surface area contributed by atoms with Crippen molar-refractivity contribution in [3.63, 3.8) is 0 Å². The summed E-state index contributed by atoms with van der Waals surface area (Å²) in [4.78, 5) is 37.0. The number of carbonyl (C=O) groups excluding carboxylic acids is 3. The molecular formula is C18H18BrNO5S. The van der Waals surface area contributed by atoms with Gasteiger partial charge in [0.1, 0.15) is 6.04 Å². The number of benzene rings is 1. The topological polar surface area (TPSA) is 81.7 Å². The average Bonchev–Trinajstić information content (AvgIpc) is 3.18. The molecule has 1 heterocycles. The second-order valence-corrected chi connectivity index (χ2v) is 7.19. The molecule has 1 N–H and O–H groups in total. The molecule has 0 saturated carbocycles. The van der Waals surface area contributed by atoms with Gasteiger partial charge in [-0.15, -0.1) is 11.3 Å². The fraction of sp³-hybridized carbons (Fsp3) is 0.278. The average molecular weight is 440 g/mol. The Balaban J connectivity index is 2.24. The number of nitrogens with one attached hydrogen (secondary N) is 1. The number of rotatable bonds is 7. The van der Waals surface area contributed by atoms with Crippen molar-refractivity contribution in [3.05, 3.63) is 45.7 Å². The molecule has 26 heavy (non-hydrogen) atoms. The highest BCUT2D eigenvalue weighted by atomic mass is 79.9. The zero-order valence-corrected chi connectivity index (χ0v) is 16.7. The van der Waals surface area contributed by atoms with Crippen LogP contribution in [0.2, 0.25) is 0 Å². The maximum atomic E-state index is 12.8. The van der Waals surface area contributed by atoms with Crippen molar-refractivity contribution in [2.24, 2.45) is 0 Å². The number of esters is 2. The molecule has 6 nitrogen and oxygen atoms in total. The number of amides is 1. The zero-order chi connectivity index (χ0) is 19.1. The zero-order valence-electron chi connectivity index (χ0n) is 14.3. The van der Waals surface area contributed by atoms with Crippen molar-refractivity contribution in [1.82, 2.24) is 5.32 Å². The number of thiophene rings is 1. The fourth-order valence-electron chi connectivity index (χ4n) is 2.34. The van der Waals surface area contributed by atoms with Crippen molar-refractivity contribution >= 4 is 45.1 Å². The van der Waals surface area contributed by atoms with Crippen LogP contribution in [0.3, 0.4) is 0 Å². The van der Waals surface area contributed by atoms with Crippen LogP contribution in [0, 0.1) is 0 Å². The summed E-state index contributed by atoms with van der Waals surface area (Å²) in [7, 11) is 2.50. The van der Waals surface area contributed by atoms with E-state index in [1.807, 2.05) is 23.6 Å². The minimum absolute atomic E-state index is 0.00529. The minimum atomic E-state index is -0.938. The second-order valence-electron chi connectivity index (χ2n) is 5.33. The maximum Gasteiger partial charge on any atom is 0.328 e. The smallest absolute Gasteiger partial charge is 0.328 e. The van der Waals surface area contributed by atoms with E-state index in [1.54, 1.807) is 12.1 Å². The molecule has 1 aromatic carbocycles. The third-order valence-corrected chi connectivity index (χ3v) is 5.07. The standard InChI is InChI=1S/C18H18BrNO5S/c1-24-16(21)8-7-14(18(23)25-2)20-17(22)12-6-5-11(19)10-13(12)15-4-3-9-26-15/h3-6,9-10,14H,7-8H2,1-2H3,(H,20,22)/t14-/m1/s1. The molecule has 0 bridgehead atoms. The molecule has 0 saturated heterocycles. The van der Waals surface area contributed by atoms with Gasteiger partial charge in [-0.1, -0.05) is 22.0 Å². The third kappa shape index (κ3) is 5.15. The minimum Gasteiger partial charge on any atom is -0.469 e. The van der Waals surface area contributed by atoms with Gasteiger partial charge in [-0.2, -0.15) is 0 Å². The first kappa shape index (κ1) is 20.1. The van der Waals surface area contributed by atoms with Gasteiger partial charge in [0.25, 0.3) is 5.91 Å².